The van der Waals surface area contributed by atoms with Crippen molar-refractivity contribution < 1.29 is 47.6 Å². The molecule has 3 atom stereocenters. The van der Waals surface area contributed by atoms with Crippen LogP contribution in [0.1, 0.15) is 93.6 Å². The molecule has 11 nitrogen and oxygen atoms in total. The highest BCUT2D eigenvalue weighted by molar-refractivity contribution is 5.76. The van der Waals surface area contributed by atoms with E-state index in [1.165, 1.54) is 12.1 Å². The maximum atomic E-state index is 12.5. The van der Waals surface area contributed by atoms with Crippen LogP contribution >= 0.6 is 0 Å². The fourth-order valence-corrected chi connectivity index (χ4v) is 3.20. The summed E-state index contributed by atoms with van der Waals surface area (Å²) in [7, 11) is 0. The molecule has 1 aromatic rings. The third-order valence-corrected chi connectivity index (χ3v) is 6.48. The molecule has 0 aliphatic rings. The first kappa shape index (κ1) is 35.7. The van der Waals surface area contributed by atoms with Crippen LogP contribution in [0.15, 0.2) is 18.2 Å². The Morgan fingerprint density at radius 2 is 1.37 bits per heavy atom. The van der Waals surface area contributed by atoms with Gasteiger partial charge in [-0.3, -0.25) is 9.59 Å². The molecule has 0 amide bonds. The normalized spacial score (nSPS) is 13.8. The van der Waals surface area contributed by atoms with Gasteiger partial charge in [0.2, 0.25) is 0 Å². The molecule has 0 heterocycles. The van der Waals surface area contributed by atoms with E-state index in [4.69, 9.17) is 34.2 Å². The summed E-state index contributed by atoms with van der Waals surface area (Å²) >= 11 is 0. The van der Waals surface area contributed by atoms with Gasteiger partial charge in [0.05, 0.1) is 5.92 Å². The van der Waals surface area contributed by atoms with Crippen molar-refractivity contribution in [2.75, 3.05) is 6.61 Å². The Morgan fingerprint density at radius 1 is 0.829 bits per heavy atom. The lowest BCUT2D eigenvalue weighted by Crippen LogP contribution is -2.36. The van der Waals surface area contributed by atoms with E-state index in [9.17, 15) is 19.2 Å². The van der Waals surface area contributed by atoms with Crippen LogP contribution in [0.25, 0.3) is 0 Å². The number of hydrogen-bond acceptors (Lipinski definition) is 11. The van der Waals surface area contributed by atoms with E-state index >= 15 is 0 Å². The number of benzene rings is 1. The van der Waals surface area contributed by atoms with Gasteiger partial charge < -0.3 is 34.2 Å². The monoisotopic (exact) mass is 581 g/mol. The standard InChI is InChI=1S/C30H47NO10/c1-10-13-19(4)25(32)37-20(5)18-36-26(33)22(31)16-21-14-15-23(38-27(34)40-29(6,7)11-2)24(17-21)39-28(35)41-30(8,9)12-3/h14-15,17,19-20,22H,10-13,16,18,31H2,1-9H3/t19?,20-,22-/m0/s1. The van der Waals surface area contributed by atoms with E-state index in [2.05, 4.69) is 0 Å². The molecule has 0 aliphatic carbocycles. The highest BCUT2D eigenvalue weighted by atomic mass is 16.8. The second-order valence-electron chi connectivity index (χ2n) is 11.3. The highest BCUT2D eigenvalue weighted by Crippen LogP contribution is 2.31. The number of esters is 2. The molecule has 232 valence electrons. The predicted octanol–water partition coefficient (Wildman–Crippen LogP) is 5.88. The molecule has 0 saturated heterocycles. The number of rotatable bonds is 15. The van der Waals surface area contributed by atoms with Crippen LogP contribution in [0.5, 0.6) is 11.5 Å². The van der Waals surface area contributed by atoms with Gasteiger partial charge in [0.25, 0.3) is 0 Å². The van der Waals surface area contributed by atoms with Gasteiger partial charge in [-0.1, -0.05) is 40.2 Å². The summed E-state index contributed by atoms with van der Waals surface area (Å²) in [5.74, 6) is -1.49. The Kier molecular flexibility index (Phi) is 14.1. The van der Waals surface area contributed by atoms with Gasteiger partial charge in [-0.15, -0.1) is 0 Å². The zero-order chi connectivity index (χ0) is 31.4. The van der Waals surface area contributed by atoms with E-state index in [1.807, 2.05) is 20.8 Å². The maximum Gasteiger partial charge on any atom is 0.514 e. The summed E-state index contributed by atoms with van der Waals surface area (Å²) < 4.78 is 31.9. The summed E-state index contributed by atoms with van der Waals surface area (Å²) in [4.78, 5) is 49.5. The van der Waals surface area contributed by atoms with E-state index in [1.54, 1.807) is 47.6 Å². The van der Waals surface area contributed by atoms with Gasteiger partial charge in [0, 0.05) is 0 Å². The molecule has 41 heavy (non-hydrogen) atoms. The van der Waals surface area contributed by atoms with Crippen LogP contribution in [0.3, 0.4) is 0 Å². The first-order valence-corrected chi connectivity index (χ1v) is 14.1. The molecule has 0 saturated carbocycles. The lowest BCUT2D eigenvalue weighted by atomic mass is 10.1. The largest absolute Gasteiger partial charge is 0.514 e. The Bertz CT molecular complexity index is 1040. The number of ether oxygens (including phenoxy) is 6. The topological polar surface area (TPSA) is 150 Å². The van der Waals surface area contributed by atoms with E-state index < -0.39 is 41.6 Å². The fraction of sp³-hybridized carbons (Fsp3) is 0.667. The van der Waals surface area contributed by atoms with E-state index in [0.29, 0.717) is 24.8 Å². The second kappa shape index (κ2) is 16.2. The van der Waals surface area contributed by atoms with Crippen LogP contribution in [-0.4, -0.2) is 54.2 Å². The number of hydrogen-bond donors (Lipinski definition) is 1. The minimum absolute atomic E-state index is 0.0139. The molecule has 1 rings (SSSR count). The summed E-state index contributed by atoms with van der Waals surface area (Å²) in [5, 5.41) is 0. The molecule has 1 unspecified atom stereocenters. The first-order valence-electron chi connectivity index (χ1n) is 14.1. The van der Waals surface area contributed by atoms with Gasteiger partial charge in [0.1, 0.15) is 30.0 Å². The van der Waals surface area contributed by atoms with Crippen LogP contribution < -0.4 is 15.2 Å². The zero-order valence-electron chi connectivity index (χ0n) is 25.9. The Morgan fingerprint density at radius 3 is 1.88 bits per heavy atom. The average molecular weight is 582 g/mol. The number of carbonyl (C=O) groups excluding carboxylic acids is 4. The van der Waals surface area contributed by atoms with Crippen molar-refractivity contribution in [2.24, 2.45) is 11.7 Å². The molecular formula is C30H47NO10. The van der Waals surface area contributed by atoms with Crippen LogP contribution in [0.4, 0.5) is 9.59 Å². The summed E-state index contributed by atoms with van der Waals surface area (Å²) in [5.41, 5.74) is 5.00. The number of nitrogens with two attached hydrogens (primary N) is 1. The molecule has 0 aliphatic heterocycles. The molecule has 0 fully saturated rings. The van der Waals surface area contributed by atoms with E-state index in [0.717, 1.165) is 6.42 Å². The van der Waals surface area contributed by atoms with Crippen LogP contribution in [0.2, 0.25) is 0 Å². The Balaban J connectivity index is 2.96. The summed E-state index contributed by atoms with van der Waals surface area (Å²) in [6.07, 6.45) is 0.0557. The maximum absolute atomic E-state index is 12.5. The third-order valence-electron chi connectivity index (χ3n) is 6.48. The molecule has 11 heteroatoms. The average Bonchev–Trinajstić information content (AvgIpc) is 2.88. The molecular weight excluding hydrogens is 534 g/mol. The molecule has 0 aromatic heterocycles. The third kappa shape index (κ3) is 13.2. The SMILES string of the molecule is CCCC(C)C(=O)O[C@@H](C)COC(=O)[C@@H](N)Cc1ccc(OC(=O)OC(C)(C)CC)c(OC(=O)OC(C)(C)CC)c1. The highest BCUT2D eigenvalue weighted by Gasteiger charge is 2.27. The molecule has 1 aromatic carbocycles. The minimum atomic E-state index is -1.07. The predicted molar refractivity (Wildman–Crippen MR) is 152 cm³/mol. The van der Waals surface area contributed by atoms with Crippen LogP contribution in [-0.2, 0) is 35.0 Å². The zero-order valence-corrected chi connectivity index (χ0v) is 25.9. The quantitative estimate of drug-likeness (QED) is 0.150. The second-order valence-corrected chi connectivity index (χ2v) is 11.3. The Hall–Kier alpha value is -3.34. The molecule has 0 bridgehead atoms. The Labute approximate surface area is 243 Å². The number of carbonyl (C=O) groups is 4. The van der Waals surface area contributed by atoms with Crippen molar-refractivity contribution in [3.05, 3.63) is 23.8 Å². The van der Waals surface area contributed by atoms with Crippen molar-refractivity contribution in [3.8, 4) is 11.5 Å². The lowest BCUT2D eigenvalue weighted by molar-refractivity contribution is -0.161. The first-order chi connectivity index (χ1) is 19.0. The minimum Gasteiger partial charge on any atom is -0.461 e. The molecule has 2 N–H and O–H groups in total. The molecule has 0 spiro atoms. The van der Waals surface area contributed by atoms with Gasteiger partial charge in [-0.05, 0) is 78.0 Å². The van der Waals surface area contributed by atoms with Crippen molar-refractivity contribution in [1.29, 1.82) is 0 Å². The van der Waals surface area contributed by atoms with Gasteiger partial charge >= 0.3 is 24.2 Å². The fourth-order valence-electron chi connectivity index (χ4n) is 3.20. The lowest BCUT2D eigenvalue weighted by Gasteiger charge is -2.24. The van der Waals surface area contributed by atoms with Crippen molar-refractivity contribution in [3.63, 3.8) is 0 Å². The van der Waals surface area contributed by atoms with Gasteiger partial charge in [-0.2, -0.15) is 0 Å². The smallest absolute Gasteiger partial charge is 0.461 e. The van der Waals surface area contributed by atoms with Crippen molar-refractivity contribution in [1.82, 2.24) is 0 Å². The molecule has 0 radical (unpaired) electrons. The van der Waals surface area contributed by atoms with E-state index in [-0.39, 0.29) is 36.4 Å². The van der Waals surface area contributed by atoms with Crippen LogP contribution in [0, 0.1) is 5.92 Å². The van der Waals surface area contributed by atoms with Gasteiger partial charge in [-0.25, -0.2) is 9.59 Å². The summed E-state index contributed by atoms with van der Waals surface area (Å²) in [6, 6.07) is 3.31. The van der Waals surface area contributed by atoms with Gasteiger partial charge in [0.15, 0.2) is 11.5 Å². The van der Waals surface area contributed by atoms with Crippen molar-refractivity contribution >= 4 is 24.2 Å². The summed E-state index contributed by atoms with van der Waals surface area (Å²) in [6.45, 7) is 15.9. The van der Waals surface area contributed by atoms with Crippen molar-refractivity contribution in [2.45, 2.75) is 118 Å².